The van der Waals surface area contributed by atoms with Gasteiger partial charge in [-0.3, -0.25) is 9.78 Å². The Hall–Kier alpha value is -3.32. The average Bonchev–Trinajstić information content (AvgIpc) is 3.21. The van der Waals surface area contributed by atoms with Gasteiger partial charge >= 0.3 is 0 Å². The molecule has 5 rings (SSSR count). The highest BCUT2D eigenvalue weighted by Gasteiger charge is 2.43. The van der Waals surface area contributed by atoms with E-state index in [2.05, 4.69) is 26.3 Å². The minimum atomic E-state index is 0.0810. The van der Waals surface area contributed by atoms with E-state index in [-0.39, 0.29) is 17.4 Å². The summed E-state index contributed by atoms with van der Waals surface area (Å²) in [5.41, 5.74) is 3.71. The third kappa shape index (κ3) is 5.09. The topological polar surface area (TPSA) is 80.2 Å². The van der Waals surface area contributed by atoms with Gasteiger partial charge in [0.2, 0.25) is 0 Å². The van der Waals surface area contributed by atoms with Crippen molar-refractivity contribution in [3.8, 4) is 0 Å². The lowest BCUT2D eigenvalue weighted by molar-refractivity contribution is 0.0495. The van der Waals surface area contributed by atoms with E-state index < -0.39 is 0 Å². The predicted molar refractivity (Wildman–Crippen MR) is 131 cm³/mol. The molecule has 0 radical (unpaired) electrons. The molecule has 2 saturated heterocycles. The first-order valence-corrected chi connectivity index (χ1v) is 12.0. The molecule has 2 fully saturated rings. The summed E-state index contributed by atoms with van der Waals surface area (Å²) in [6.45, 7) is 6.13. The minimum absolute atomic E-state index is 0.0810. The van der Waals surface area contributed by atoms with Crippen LogP contribution in [0.5, 0.6) is 0 Å². The number of likely N-dealkylation sites (tertiary alicyclic amines) is 1. The molecule has 3 aromatic rings. The SMILES string of the molecule is Cc1cc(Nc2cccc(C(=O)N3CCC4(CC3)CO[C@@H](Cc3ccccn3)C4)c2)nc(C)n1. The van der Waals surface area contributed by atoms with Crippen LogP contribution in [0.1, 0.15) is 46.8 Å². The van der Waals surface area contributed by atoms with Crippen LogP contribution >= 0.6 is 0 Å². The zero-order valence-electron chi connectivity index (χ0n) is 19.8. The Kier molecular flexibility index (Phi) is 6.28. The fraction of sp³-hybridized carbons (Fsp3) is 0.407. The van der Waals surface area contributed by atoms with Gasteiger partial charge in [0.05, 0.1) is 12.7 Å². The van der Waals surface area contributed by atoms with Crippen molar-refractivity contribution in [3.05, 3.63) is 77.5 Å². The molecular weight excluding hydrogens is 426 g/mol. The number of piperidine rings is 1. The number of anilines is 2. The zero-order valence-corrected chi connectivity index (χ0v) is 19.8. The number of hydrogen-bond acceptors (Lipinski definition) is 6. The van der Waals surface area contributed by atoms with E-state index in [1.165, 1.54) is 0 Å². The minimum Gasteiger partial charge on any atom is -0.377 e. The number of benzene rings is 1. The average molecular weight is 458 g/mol. The number of ether oxygens (including phenoxy) is 1. The van der Waals surface area contributed by atoms with Gasteiger partial charge in [0, 0.05) is 54.4 Å². The zero-order chi connectivity index (χ0) is 23.5. The van der Waals surface area contributed by atoms with Crippen molar-refractivity contribution >= 4 is 17.4 Å². The molecular formula is C27H31N5O2. The van der Waals surface area contributed by atoms with E-state index in [0.29, 0.717) is 5.56 Å². The number of nitrogens with zero attached hydrogens (tertiary/aromatic N) is 4. The molecule has 0 bridgehead atoms. The Morgan fingerprint density at radius 3 is 2.74 bits per heavy atom. The van der Waals surface area contributed by atoms with Gasteiger partial charge in [-0.25, -0.2) is 9.97 Å². The number of pyridine rings is 1. The molecule has 0 aliphatic carbocycles. The second-order valence-corrected chi connectivity index (χ2v) is 9.60. The lowest BCUT2D eigenvalue weighted by Gasteiger charge is -2.38. The number of carbonyl (C=O) groups excluding carboxylic acids is 1. The van der Waals surface area contributed by atoms with Gasteiger partial charge in [-0.2, -0.15) is 0 Å². The third-order valence-electron chi connectivity index (χ3n) is 6.91. The van der Waals surface area contributed by atoms with Crippen LogP contribution in [0, 0.1) is 19.3 Å². The molecule has 0 unspecified atom stereocenters. The van der Waals surface area contributed by atoms with Crippen LogP contribution in [-0.4, -0.2) is 51.6 Å². The van der Waals surface area contributed by atoms with Crippen molar-refractivity contribution in [3.63, 3.8) is 0 Å². The highest BCUT2D eigenvalue weighted by atomic mass is 16.5. The number of aryl methyl sites for hydroxylation is 2. The first-order valence-electron chi connectivity index (χ1n) is 12.0. The maximum atomic E-state index is 13.3. The highest BCUT2D eigenvalue weighted by molar-refractivity contribution is 5.95. The molecule has 1 atom stereocenters. The number of amides is 1. The molecule has 1 spiro atoms. The molecule has 2 aromatic heterocycles. The Morgan fingerprint density at radius 1 is 1.12 bits per heavy atom. The number of nitrogens with one attached hydrogen (secondary N) is 1. The van der Waals surface area contributed by atoms with Gasteiger partial charge in [0.15, 0.2) is 0 Å². The largest absolute Gasteiger partial charge is 0.377 e. The first kappa shape index (κ1) is 22.5. The first-order chi connectivity index (χ1) is 16.5. The standard InChI is InChI=1S/C27H31N5O2/c1-19-14-25(30-20(2)29-19)31-23-8-5-6-21(15-23)26(33)32-12-9-27(10-13-32)17-24(34-18-27)16-22-7-3-4-11-28-22/h3-8,11,14-15,24H,9-10,12-13,16-18H2,1-2H3,(H,29,30,31)/t24-/m0/s1. The summed E-state index contributed by atoms with van der Waals surface area (Å²) in [7, 11) is 0. The van der Waals surface area contributed by atoms with Crippen molar-refractivity contribution in [2.24, 2.45) is 5.41 Å². The predicted octanol–water partition coefficient (Wildman–Crippen LogP) is 4.49. The molecule has 1 N–H and O–H groups in total. The monoisotopic (exact) mass is 457 g/mol. The summed E-state index contributed by atoms with van der Waals surface area (Å²) in [5, 5.41) is 3.30. The smallest absolute Gasteiger partial charge is 0.253 e. The molecule has 1 amide bonds. The molecule has 4 heterocycles. The molecule has 7 heteroatoms. The van der Waals surface area contributed by atoms with Crippen molar-refractivity contribution < 1.29 is 9.53 Å². The molecule has 2 aliphatic heterocycles. The normalized spacial score (nSPS) is 19.4. The lowest BCUT2D eigenvalue weighted by atomic mass is 9.76. The Morgan fingerprint density at radius 2 is 1.97 bits per heavy atom. The van der Waals surface area contributed by atoms with Crippen molar-refractivity contribution in [1.82, 2.24) is 19.9 Å². The Balaban J connectivity index is 1.19. The number of rotatable bonds is 5. The summed E-state index contributed by atoms with van der Waals surface area (Å²) >= 11 is 0. The molecule has 0 saturated carbocycles. The number of hydrogen-bond donors (Lipinski definition) is 1. The lowest BCUT2D eigenvalue weighted by Crippen LogP contribution is -2.43. The van der Waals surface area contributed by atoms with Crippen LogP contribution < -0.4 is 5.32 Å². The number of carbonyl (C=O) groups is 1. The molecule has 7 nitrogen and oxygen atoms in total. The van der Waals surface area contributed by atoms with Gasteiger partial charge < -0.3 is 15.0 Å². The van der Waals surface area contributed by atoms with Gasteiger partial charge in [-0.05, 0) is 68.9 Å². The van der Waals surface area contributed by atoms with Crippen molar-refractivity contribution in [1.29, 1.82) is 0 Å². The van der Waals surface area contributed by atoms with Gasteiger partial charge in [0.25, 0.3) is 5.91 Å². The fourth-order valence-corrected chi connectivity index (χ4v) is 5.15. The van der Waals surface area contributed by atoms with Crippen molar-refractivity contribution in [2.45, 2.75) is 45.6 Å². The van der Waals surface area contributed by atoms with Crippen LogP contribution in [0.3, 0.4) is 0 Å². The maximum absolute atomic E-state index is 13.3. The van der Waals surface area contributed by atoms with Gasteiger partial charge in [-0.1, -0.05) is 12.1 Å². The van der Waals surface area contributed by atoms with E-state index in [9.17, 15) is 4.79 Å². The number of aromatic nitrogens is 3. The van der Waals surface area contributed by atoms with E-state index in [1.54, 1.807) is 0 Å². The van der Waals surface area contributed by atoms with E-state index in [1.807, 2.05) is 67.4 Å². The van der Waals surface area contributed by atoms with E-state index in [0.717, 1.165) is 74.1 Å². The second-order valence-electron chi connectivity index (χ2n) is 9.60. The summed E-state index contributed by atoms with van der Waals surface area (Å²) in [4.78, 5) is 28.4. The van der Waals surface area contributed by atoms with Crippen LogP contribution in [-0.2, 0) is 11.2 Å². The van der Waals surface area contributed by atoms with Gasteiger partial charge in [0.1, 0.15) is 11.6 Å². The fourth-order valence-electron chi connectivity index (χ4n) is 5.15. The summed E-state index contributed by atoms with van der Waals surface area (Å²) in [5.74, 6) is 1.53. The molecule has 34 heavy (non-hydrogen) atoms. The van der Waals surface area contributed by atoms with E-state index in [4.69, 9.17) is 4.74 Å². The Labute approximate surface area is 200 Å². The Bertz CT molecular complexity index is 1140. The summed E-state index contributed by atoms with van der Waals surface area (Å²) < 4.78 is 6.16. The van der Waals surface area contributed by atoms with Gasteiger partial charge in [-0.15, -0.1) is 0 Å². The quantitative estimate of drug-likeness (QED) is 0.608. The third-order valence-corrected chi connectivity index (χ3v) is 6.91. The molecule has 1 aromatic carbocycles. The molecule has 176 valence electrons. The van der Waals surface area contributed by atoms with Crippen LogP contribution in [0.4, 0.5) is 11.5 Å². The summed E-state index contributed by atoms with van der Waals surface area (Å²) in [6, 6.07) is 15.6. The van der Waals surface area contributed by atoms with Crippen LogP contribution in [0.2, 0.25) is 0 Å². The maximum Gasteiger partial charge on any atom is 0.253 e. The van der Waals surface area contributed by atoms with Crippen LogP contribution in [0.15, 0.2) is 54.7 Å². The highest BCUT2D eigenvalue weighted by Crippen LogP contribution is 2.42. The molecule has 2 aliphatic rings. The van der Waals surface area contributed by atoms with E-state index >= 15 is 0 Å². The van der Waals surface area contributed by atoms with Crippen LogP contribution in [0.25, 0.3) is 0 Å². The second kappa shape index (κ2) is 9.50. The summed E-state index contributed by atoms with van der Waals surface area (Å²) in [6.07, 6.45) is 5.92. The van der Waals surface area contributed by atoms with Crippen molar-refractivity contribution in [2.75, 3.05) is 25.0 Å².